The van der Waals surface area contributed by atoms with Gasteiger partial charge in [-0.25, -0.2) is 0 Å². The van der Waals surface area contributed by atoms with Gasteiger partial charge in [0.2, 0.25) is 5.91 Å². The second-order valence-electron chi connectivity index (χ2n) is 4.26. The van der Waals surface area contributed by atoms with E-state index in [1.807, 2.05) is 6.92 Å². The molecule has 0 unspecified atom stereocenters. The molecular weight excluding hydrogens is 192 g/mol. The average Bonchev–Trinajstić information content (AvgIpc) is 2.26. The Hall–Kier alpha value is -0.610. The molecule has 4 heteroatoms. The molecule has 1 fully saturated rings. The lowest BCUT2D eigenvalue weighted by Crippen LogP contribution is -2.34. The molecule has 1 aliphatic carbocycles. The first kappa shape index (κ1) is 12.5. The number of likely N-dealkylation sites (N-methyl/N-ethyl adjacent to an activating group) is 1. The van der Waals surface area contributed by atoms with Gasteiger partial charge in [0, 0.05) is 19.6 Å². The minimum absolute atomic E-state index is 0.0624. The zero-order valence-electron chi connectivity index (χ0n) is 9.74. The summed E-state index contributed by atoms with van der Waals surface area (Å²) in [4.78, 5) is 13.1. The standard InChI is InChI=1S/C11H22N2O2/c1-3-13(2)11(14)8-15-10-6-4-9(12)5-7-10/h9-10H,3-8,12H2,1-2H3. The minimum atomic E-state index is 0.0624. The van der Waals surface area contributed by atoms with E-state index in [9.17, 15) is 4.79 Å². The third-order valence-electron chi connectivity index (χ3n) is 3.06. The first-order valence-electron chi connectivity index (χ1n) is 5.74. The Balaban J connectivity index is 2.17. The fourth-order valence-corrected chi connectivity index (χ4v) is 1.73. The van der Waals surface area contributed by atoms with Gasteiger partial charge in [-0.2, -0.15) is 0 Å². The number of ether oxygens (including phenoxy) is 1. The van der Waals surface area contributed by atoms with Gasteiger partial charge in [0.15, 0.2) is 0 Å². The van der Waals surface area contributed by atoms with Gasteiger partial charge in [0.1, 0.15) is 6.61 Å². The van der Waals surface area contributed by atoms with Gasteiger partial charge in [-0.3, -0.25) is 4.79 Å². The van der Waals surface area contributed by atoms with E-state index >= 15 is 0 Å². The van der Waals surface area contributed by atoms with Crippen LogP contribution >= 0.6 is 0 Å². The third kappa shape index (κ3) is 4.18. The van der Waals surface area contributed by atoms with Crippen molar-refractivity contribution < 1.29 is 9.53 Å². The summed E-state index contributed by atoms with van der Waals surface area (Å²) >= 11 is 0. The normalized spacial score (nSPS) is 26.3. The van der Waals surface area contributed by atoms with Crippen LogP contribution in [0.1, 0.15) is 32.6 Å². The summed E-state index contributed by atoms with van der Waals surface area (Å²) in [7, 11) is 1.79. The zero-order chi connectivity index (χ0) is 11.3. The summed E-state index contributed by atoms with van der Waals surface area (Å²) in [5, 5.41) is 0. The van der Waals surface area contributed by atoms with Crippen molar-refractivity contribution in [2.45, 2.75) is 44.8 Å². The van der Waals surface area contributed by atoms with Crippen LogP contribution in [0.3, 0.4) is 0 Å². The summed E-state index contributed by atoms with van der Waals surface area (Å²) in [6.07, 6.45) is 4.25. The highest BCUT2D eigenvalue weighted by Gasteiger charge is 2.20. The maximum absolute atomic E-state index is 11.5. The minimum Gasteiger partial charge on any atom is -0.368 e. The van der Waals surface area contributed by atoms with E-state index < -0.39 is 0 Å². The van der Waals surface area contributed by atoms with Crippen molar-refractivity contribution in [3.05, 3.63) is 0 Å². The zero-order valence-corrected chi connectivity index (χ0v) is 9.74. The highest BCUT2D eigenvalue weighted by molar-refractivity contribution is 5.77. The second kappa shape index (κ2) is 6.08. The molecule has 0 aromatic heterocycles. The molecule has 1 saturated carbocycles. The number of carbonyl (C=O) groups excluding carboxylic acids is 1. The van der Waals surface area contributed by atoms with Crippen molar-refractivity contribution in [2.24, 2.45) is 5.73 Å². The lowest BCUT2D eigenvalue weighted by molar-refractivity contribution is -0.137. The predicted octanol–water partition coefficient (Wildman–Crippen LogP) is 0.751. The van der Waals surface area contributed by atoms with E-state index in [0.717, 1.165) is 32.2 Å². The third-order valence-corrected chi connectivity index (χ3v) is 3.06. The molecule has 0 bridgehead atoms. The topological polar surface area (TPSA) is 55.6 Å². The Labute approximate surface area is 91.8 Å². The van der Waals surface area contributed by atoms with Crippen LogP contribution in [-0.2, 0) is 9.53 Å². The van der Waals surface area contributed by atoms with Crippen LogP contribution < -0.4 is 5.73 Å². The fourth-order valence-electron chi connectivity index (χ4n) is 1.73. The second-order valence-corrected chi connectivity index (χ2v) is 4.26. The summed E-state index contributed by atoms with van der Waals surface area (Å²) < 4.78 is 5.57. The van der Waals surface area contributed by atoms with Crippen molar-refractivity contribution in [3.8, 4) is 0 Å². The molecule has 0 atom stereocenters. The van der Waals surface area contributed by atoms with Crippen molar-refractivity contribution in [3.63, 3.8) is 0 Å². The van der Waals surface area contributed by atoms with Gasteiger partial charge < -0.3 is 15.4 Å². The molecule has 0 saturated heterocycles. The fraction of sp³-hybridized carbons (Fsp3) is 0.909. The van der Waals surface area contributed by atoms with Crippen LogP contribution in [0.5, 0.6) is 0 Å². The number of nitrogens with two attached hydrogens (primary N) is 1. The molecule has 15 heavy (non-hydrogen) atoms. The first-order valence-corrected chi connectivity index (χ1v) is 5.74. The van der Waals surface area contributed by atoms with Gasteiger partial charge in [0.05, 0.1) is 6.10 Å². The Morgan fingerprint density at radius 3 is 2.53 bits per heavy atom. The summed E-state index contributed by atoms with van der Waals surface area (Å²) in [6, 6.07) is 0.332. The molecule has 0 radical (unpaired) electrons. The summed E-state index contributed by atoms with van der Waals surface area (Å²) in [5.74, 6) is 0.0624. The van der Waals surface area contributed by atoms with Crippen molar-refractivity contribution in [1.29, 1.82) is 0 Å². The van der Waals surface area contributed by atoms with E-state index in [2.05, 4.69) is 0 Å². The molecule has 4 nitrogen and oxygen atoms in total. The summed E-state index contributed by atoms with van der Waals surface area (Å²) in [5.41, 5.74) is 5.79. The van der Waals surface area contributed by atoms with Crippen LogP contribution in [-0.4, -0.2) is 43.2 Å². The number of nitrogens with zero attached hydrogens (tertiary/aromatic N) is 1. The molecule has 88 valence electrons. The maximum Gasteiger partial charge on any atom is 0.248 e. The quantitative estimate of drug-likeness (QED) is 0.751. The number of rotatable bonds is 4. The number of amides is 1. The number of hydrogen-bond acceptors (Lipinski definition) is 3. The van der Waals surface area contributed by atoms with Gasteiger partial charge >= 0.3 is 0 Å². The number of hydrogen-bond donors (Lipinski definition) is 1. The molecule has 1 aliphatic rings. The van der Waals surface area contributed by atoms with Crippen molar-refractivity contribution in [1.82, 2.24) is 4.90 Å². The van der Waals surface area contributed by atoms with Gasteiger partial charge in [0.25, 0.3) is 0 Å². The average molecular weight is 214 g/mol. The Morgan fingerprint density at radius 2 is 2.00 bits per heavy atom. The molecular formula is C11H22N2O2. The van der Waals surface area contributed by atoms with E-state index in [1.165, 1.54) is 0 Å². The number of carbonyl (C=O) groups is 1. The summed E-state index contributed by atoms with van der Waals surface area (Å²) in [6.45, 7) is 2.90. The molecule has 1 rings (SSSR count). The first-order chi connectivity index (χ1) is 7.13. The van der Waals surface area contributed by atoms with Crippen molar-refractivity contribution >= 4 is 5.91 Å². The monoisotopic (exact) mass is 214 g/mol. The Morgan fingerprint density at radius 1 is 1.40 bits per heavy atom. The van der Waals surface area contributed by atoms with Crippen LogP contribution in [0.2, 0.25) is 0 Å². The van der Waals surface area contributed by atoms with Crippen molar-refractivity contribution in [2.75, 3.05) is 20.2 Å². The smallest absolute Gasteiger partial charge is 0.248 e. The van der Waals surface area contributed by atoms with E-state index in [0.29, 0.717) is 6.04 Å². The molecule has 0 aliphatic heterocycles. The van der Waals surface area contributed by atoms with E-state index in [-0.39, 0.29) is 18.6 Å². The highest BCUT2D eigenvalue weighted by Crippen LogP contribution is 2.19. The molecule has 2 N–H and O–H groups in total. The largest absolute Gasteiger partial charge is 0.368 e. The molecule has 0 heterocycles. The van der Waals surface area contributed by atoms with Gasteiger partial charge in [-0.15, -0.1) is 0 Å². The van der Waals surface area contributed by atoms with Gasteiger partial charge in [-0.1, -0.05) is 0 Å². The van der Waals surface area contributed by atoms with E-state index in [1.54, 1.807) is 11.9 Å². The molecule has 0 aromatic carbocycles. The SMILES string of the molecule is CCN(C)C(=O)COC1CCC(N)CC1. The Bertz CT molecular complexity index is 201. The Kier molecular flexibility index (Phi) is 5.05. The maximum atomic E-state index is 11.5. The van der Waals surface area contributed by atoms with E-state index in [4.69, 9.17) is 10.5 Å². The predicted molar refractivity (Wildman–Crippen MR) is 59.5 cm³/mol. The molecule has 0 aromatic rings. The van der Waals surface area contributed by atoms with Crippen LogP contribution in [0.25, 0.3) is 0 Å². The highest BCUT2D eigenvalue weighted by atomic mass is 16.5. The molecule has 1 amide bonds. The lowest BCUT2D eigenvalue weighted by atomic mass is 9.94. The lowest BCUT2D eigenvalue weighted by Gasteiger charge is -2.26. The van der Waals surface area contributed by atoms with Crippen LogP contribution in [0, 0.1) is 0 Å². The van der Waals surface area contributed by atoms with Crippen LogP contribution in [0.15, 0.2) is 0 Å². The van der Waals surface area contributed by atoms with Crippen LogP contribution in [0.4, 0.5) is 0 Å². The van der Waals surface area contributed by atoms with Gasteiger partial charge in [-0.05, 0) is 32.6 Å². The molecule has 0 spiro atoms.